The van der Waals surface area contributed by atoms with Crippen LogP contribution in [-0.4, -0.2) is 24.8 Å². The van der Waals surface area contributed by atoms with Gasteiger partial charge in [-0.25, -0.2) is 0 Å². The third-order valence-corrected chi connectivity index (χ3v) is 3.83. The molecular weight excluding hydrogens is 414 g/mol. The Bertz CT molecular complexity index is 1050. The molecule has 0 saturated carbocycles. The molecular formula is C14H9N5O9S. The molecule has 0 aliphatic carbocycles. The summed E-state index contributed by atoms with van der Waals surface area (Å²) in [6, 6.07) is 4.93. The van der Waals surface area contributed by atoms with Crippen molar-refractivity contribution in [2.24, 2.45) is 0 Å². The molecule has 14 nitrogen and oxygen atoms in total. The van der Waals surface area contributed by atoms with Crippen molar-refractivity contribution in [1.82, 2.24) is 0 Å². The number of hydrogen-bond donors (Lipinski definition) is 1. The Morgan fingerprint density at radius 2 is 1.38 bits per heavy atom. The number of phenolic OH excluding ortho intramolecular Hbond substituents is 1. The van der Waals surface area contributed by atoms with Crippen LogP contribution >= 0.6 is 11.8 Å². The van der Waals surface area contributed by atoms with Crippen molar-refractivity contribution >= 4 is 34.5 Å². The van der Waals surface area contributed by atoms with Gasteiger partial charge < -0.3 is 5.11 Å². The first kappa shape index (κ1) is 22.7. The van der Waals surface area contributed by atoms with E-state index in [1.807, 2.05) is 0 Å². The SMILES string of the molecule is Cc1cc([N+](=O)[O-])cc([N+](=O)[O-])c1O.N#CSc1ccc([N+](=O)[O-])cc1[N+](=O)[O-]. The molecule has 2 rings (SSSR count). The third-order valence-electron chi connectivity index (χ3n) is 3.18. The van der Waals surface area contributed by atoms with Crippen molar-refractivity contribution in [3.8, 4) is 11.2 Å². The lowest BCUT2D eigenvalue weighted by atomic mass is 10.1. The van der Waals surface area contributed by atoms with Crippen molar-refractivity contribution in [3.63, 3.8) is 0 Å². The lowest BCUT2D eigenvalue weighted by Gasteiger charge is -1.99. The van der Waals surface area contributed by atoms with E-state index in [1.165, 1.54) is 13.0 Å². The number of nitro benzene ring substituents is 4. The number of nitrogens with zero attached hydrogens (tertiary/aromatic N) is 5. The average molecular weight is 423 g/mol. The smallest absolute Gasteiger partial charge is 0.317 e. The Balaban J connectivity index is 0.000000291. The quantitative estimate of drug-likeness (QED) is 0.317. The molecule has 0 bridgehead atoms. The Kier molecular flexibility index (Phi) is 7.50. The number of nitriles is 1. The van der Waals surface area contributed by atoms with Crippen LogP contribution in [0.3, 0.4) is 0 Å². The highest BCUT2D eigenvalue weighted by atomic mass is 32.2. The van der Waals surface area contributed by atoms with E-state index in [-0.39, 0.29) is 16.1 Å². The van der Waals surface area contributed by atoms with Gasteiger partial charge in [0.15, 0.2) is 5.75 Å². The molecule has 0 aromatic heterocycles. The molecule has 29 heavy (non-hydrogen) atoms. The summed E-state index contributed by atoms with van der Waals surface area (Å²) < 4.78 is 0. The lowest BCUT2D eigenvalue weighted by molar-refractivity contribution is -0.396. The Hall–Kier alpha value is -4.32. The van der Waals surface area contributed by atoms with Crippen LogP contribution in [0.2, 0.25) is 0 Å². The van der Waals surface area contributed by atoms with E-state index in [9.17, 15) is 45.6 Å². The van der Waals surface area contributed by atoms with Gasteiger partial charge in [0.2, 0.25) is 0 Å². The summed E-state index contributed by atoms with van der Waals surface area (Å²) >= 11 is 0.592. The normalized spacial score (nSPS) is 9.52. The Labute approximate surface area is 164 Å². The third kappa shape index (κ3) is 5.83. The zero-order valence-corrected chi connectivity index (χ0v) is 15.1. The zero-order chi connectivity index (χ0) is 22.3. The van der Waals surface area contributed by atoms with Crippen molar-refractivity contribution in [3.05, 3.63) is 76.4 Å². The maximum atomic E-state index is 10.5. The molecule has 0 fully saturated rings. The molecule has 1 N–H and O–H groups in total. The monoisotopic (exact) mass is 423 g/mol. The second kappa shape index (κ2) is 9.57. The van der Waals surface area contributed by atoms with E-state index in [0.29, 0.717) is 11.8 Å². The molecule has 0 atom stereocenters. The number of rotatable bonds is 5. The minimum Gasteiger partial charge on any atom is -0.502 e. The number of thiocyanates is 1. The van der Waals surface area contributed by atoms with Gasteiger partial charge >= 0.3 is 5.69 Å². The summed E-state index contributed by atoms with van der Waals surface area (Å²) in [5.74, 6) is -0.541. The lowest BCUT2D eigenvalue weighted by Crippen LogP contribution is -1.94. The standard InChI is InChI=1S/C7H3N3O4S.C7H6N2O5/c8-4-15-7-2-1-5(9(11)12)3-6(7)10(13)14;1-4-2-5(8(11)12)3-6(7(4)10)9(13)14/h1-3H;2-3,10H,1H3. The zero-order valence-electron chi connectivity index (χ0n) is 14.2. The van der Waals surface area contributed by atoms with E-state index in [2.05, 4.69) is 0 Å². The van der Waals surface area contributed by atoms with Crippen molar-refractivity contribution in [1.29, 1.82) is 5.26 Å². The first-order valence-electron chi connectivity index (χ1n) is 7.10. The molecule has 150 valence electrons. The molecule has 15 heteroatoms. The number of benzene rings is 2. The molecule has 0 aliphatic heterocycles. The summed E-state index contributed by atoms with van der Waals surface area (Å²) in [6.07, 6.45) is 0. The number of nitro groups is 4. The number of thioether (sulfide) groups is 1. The largest absolute Gasteiger partial charge is 0.502 e. The van der Waals surface area contributed by atoms with Gasteiger partial charge in [0.1, 0.15) is 10.3 Å². The number of aromatic hydroxyl groups is 1. The summed E-state index contributed by atoms with van der Waals surface area (Å²) in [5.41, 5.74) is -1.77. The molecule has 0 amide bonds. The van der Waals surface area contributed by atoms with Crippen LogP contribution in [0.1, 0.15) is 5.56 Å². The van der Waals surface area contributed by atoms with Gasteiger partial charge in [-0.15, -0.1) is 0 Å². The second-order valence-corrected chi connectivity index (χ2v) is 5.83. The number of aryl methyl sites for hydroxylation is 1. The highest BCUT2D eigenvalue weighted by Crippen LogP contribution is 2.33. The van der Waals surface area contributed by atoms with Gasteiger partial charge in [0.25, 0.3) is 17.1 Å². The van der Waals surface area contributed by atoms with E-state index in [0.717, 1.165) is 24.3 Å². The van der Waals surface area contributed by atoms with E-state index < -0.39 is 42.5 Å². The predicted octanol–water partition coefficient (Wildman–Crippen LogP) is 3.59. The minimum atomic E-state index is -0.866. The molecule has 2 aromatic carbocycles. The molecule has 0 aliphatic rings. The van der Waals surface area contributed by atoms with Crippen molar-refractivity contribution in [2.75, 3.05) is 0 Å². The topological polar surface area (TPSA) is 217 Å². The summed E-state index contributed by atoms with van der Waals surface area (Å²) in [4.78, 5) is 38.6. The first-order chi connectivity index (χ1) is 13.5. The van der Waals surface area contributed by atoms with Crippen LogP contribution in [0, 0.1) is 58.0 Å². The predicted molar refractivity (Wildman–Crippen MR) is 97.4 cm³/mol. The van der Waals surface area contributed by atoms with Gasteiger partial charge in [-0.1, -0.05) is 0 Å². The van der Waals surface area contributed by atoms with E-state index in [4.69, 9.17) is 5.26 Å². The van der Waals surface area contributed by atoms with Gasteiger partial charge in [-0.2, -0.15) is 5.26 Å². The highest BCUT2D eigenvalue weighted by Gasteiger charge is 2.21. The highest BCUT2D eigenvalue weighted by molar-refractivity contribution is 8.03. The second-order valence-electron chi connectivity index (χ2n) is 5.00. The van der Waals surface area contributed by atoms with Crippen LogP contribution in [0.15, 0.2) is 35.2 Å². The fourth-order valence-electron chi connectivity index (χ4n) is 1.88. The van der Waals surface area contributed by atoms with Crippen LogP contribution in [0.5, 0.6) is 5.75 Å². The summed E-state index contributed by atoms with van der Waals surface area (Å²) in [7, 11) is 0. The van der Waals surface area contributed by atoms with Crippen LogP contribution in [-0.2, 0) is 0 Å². The fourth-order valence-corrected chi connectivity index (χ4v) is 2.36. The van der Waals surface area contributed by atoms with E-state index >= 15 is 0 Å². The van der Waals surface area contributed by atoms with Gasteiger partial charge in [0, 0.05) is 17.7 Å². The molecule has 0 heterocycles. The maximum absolute atomic E-state index is 10.5. The van der Waals surface area contributed by atoms with Gasteiger partial charge in [-0.3, -0.25) is 40.5 Å². The van der Waals surface area contributed by atoms with Crippen LogP contribution in [0.25, 0.3) is 0 Å². The first-order valence-corrected chi connectivity index (χ1v) is 7.92. The Morgan fingerprint density at radius 1 is 0.862 bits per heavy atom. The van der Waals surface area contributed by atoms with E-state index in [1.54, 1.807) is 5.40 Å². The summed E-state index contributed by atoms with van der Waals surface area (Å²) in [5, 5.41) is 60.8. The Morgan fingerprint density at radius 3 is 1.83 bits per heavy atom. The number of non-ortho nitro benzene ring substituents is 2. The number of hydrogen-bond acceptors (Lipinski definition) is 11. The van der Waals surface area contributed by atoms with Crippen LogP contribution in [0.4, 0.5) is 22.7 Å². The molecule has 2 aromatic rings. The minimum absolute atomic E-state index is 0.0908. The van der Waals surface area contributed by atoms with Crippen molar-refractivity contribution < 1.29 is 24.8 Å². The number of phenols is 1. The van der Waals surface area contributed by atoms with Gasteiger partial charge in [0.05, 0.1) is 31.8 Å². The van der Waals surface area contributed by atoms with Crippen LogP contribution < -0.4 is 0 Å². The molecule has 0 unspecified atom stereocenters. The fraction of sp³-hybridized carbons (Fsp3) is 0.0714. The molecule has 0 saturated heterocycles. The molecule has 0 radical (unpaired) electrons. The average Bonchev–Trinajstić information content (AvgIpc) is 2.64. The molecule has 0 spiro atoms. The summed E-state index contributed by atoms with van der Waals surface area (Å²) in [6.45, 7) is 1.36. The maximum Gasteiger partial charge on any atom is 0.317 e. The van der Waals surface area contributed by atoms with Crippen molar-refractivity contribution in [2.45, 2.75) is 11.8 Å². The van der Waals surface area contributed by atoms with Gasteiger partial charge in [-0.05, 0) is 24.8 Å².